The lowest BCUT2D eigenvalue weighted by Gasteiger charge is -2.16. The lowest BCUT2D eigenvalue weighted by molar-refractivity contribution is -0.119. The van der Waals surface area contributed by atoms with Crippen molar-refractivity contribution in [3.8, 4) is 0 Å². The van der Waals surface area contributed by atoms with Crippen molar-refractivity contribution < 1.29 is 4.79 Å². The fraction of sp³-hybridized carbons (Fsp3) is 0.364. The number of benzene rings is 1. The zero-order valence-corrected chi connectivity index (χ0v) is 9.29. The molecule has 80 valence electrons. The van der Waals surface area contributed by atoms with E-state index in [0.717, 1.165) is 17.7 Å². The number of nitrogens with two attached hydrogens (primary N) is 1. The second-order valence-electron chi connectivity index (χ2n) is 3.67. The summed E-state index contributed by atoms with van der Waals surface area (Å²) in [5.41, 5.74) is 7.57. The molecule has 1 unspecified atom stereocenters. The first-order valence-corrected chi connectivity index (χ1v) is 5.39. The fourth-order valence-corrected chi connectivity index (χ4v) is 2.07. The van der Waals surface area contributed by atoms with Crippen LogP contribution in [0.15, 0.2) is 18.2 Å². The quantitative estimate of drug-likeness (QED) is 0.836. The van der Waals surface area contributed by atoms with Crippen LogP contribution >= 0.6 is 11.6 Å². The van der Waals surface area contributed by atoms with Crippen molar-refractivity contribution in [2.24, 2.45) is 5.73 Å². The van der Waals surface area contributed by atoms with Gasteiger partial charge in [-0.15, -0.1) is 0 Å². The predicted octanol–water partition coefficient (Wildman–Crippen LogP) is 2.10. The number of rotatable bonds is 2. The van der Waals surface area contributed by atoms with Crippen LogP contribution in [0.5, 0.6) is 0 Å². The average Bonchev–Trinajstić information content (AvgIpc) is 2.44. The van der Waals surface area contributed by atoms with E-state index in [1.165, 1.54) is 0 Å². The first-order valence-electron chi connectivity index (χ1n) is 5.01. The van der Waals surface area contributed by atoms with Gasteiger partial charge in [-0.1, -0.05) is 18.5 Å². The van der Waals surface area contributed by atoms with Crippen molar-refractivity contribution in [2.75, 3.05) is 11.4 Å². The Morgan fingerprint density at radius 3 is 2.93 bits per heavy atom. The minimum atomic E-state index is -0.551. The Morgan fingerprint density at radius 2 is 2.27 bits per heavy atom. The van der Waals surface area contributed by atoms with E-state index >= 15 is 0 Å². The molecule has 1 heterocycles. The van der Waals surface area contributed by atoms with E-state index in [0.29, 0.717) is 11.6 Å². The minimum absolute atomic E-state index is 0.0332. The summed E-state index contributed by atoms with van der Waals surface area (Å²) in [6.07, 6.45) is 0.917. The SMILES string of the molecule is CCCN1C(=O)C(N)c2cc(Cl)ccc21. The molecule has 0 aromatic heterocycles. The Kier molecular flexibility index (Phi) is 2.67. The van der Waals surface area contributed by atoms with Crippen LogP contribution in [0.3, 0.4) is 0 Å². The maximum atomic E-state index is 11.8. The number of carbonyl (C=O) groups excluding carboxylic acids is 1. The van der Waals surface area contributed by atoms with Gasteiger partial charge in [-0.2, -0.15) is 0 Å². The number of amides is 1. The number of nitrogens with zero attached hydrogens (tertiary/aromatic N) is 1. The topological polar surface area (TPSA) is 46.3 Å². The molecule has 0 aliphatic carbocycles. The summed E-state index contributed by atoms with van der Waals surface area (Å²) in [4.78, 5) is 13.6. The number of hydrogen-bond acceptors (Lipinski definition) is 2. The standard InChI is InChI=1S/C11H13ClN2O/c1-2-5-14-9-4-3-7(12)6-8(9)10(13)11(14)15/h3-4,6,10H,2,5,13H2,1H3. The van der Waals surface area contributed by atoms with Crippen molar-refractivity contribution in [1.82, 2.24) is 0 Å². The van der Waals surface area contributed by atoms with Gasteiger partial charge in [0, 0.05) is 22.8 Å². The van der Waals surface area contributed by atoms with Crippen LogP contribution < -0.4 is 10.6 Å². The van der Waals surface area contributed by atoms with Gasteiger partial charge in [-0.25, -0.2) is 0 Å². The smallest absolute Gasteiger partial charge is 0.248 e. The molecule has 4 heteroatoms. The van der Waals surface area contributed by atoms with Gasteiger partial charge in [-0.05, 0) is 24.6 Å². The lowest BCUT2D eigenvalue weighted by atomic mass is 10.1. The molecule has 0 bridgehead atoms. The molecule has 0 saturated heterocycles. The van der Waals surface area contributed by atoms with Gasteiger partial charge in [0.2, 0.25) is 5.91 Å². The molecule has 1 aliphatic heterocycles. The summed E-state index contributed by atoms with van der Waals surface area (Å²) in [6, 6.07) is 4.87. The van der Waals surface area contributed by atoms with Crippen LogP contribution in [0, 0.1) is 0 Å². The predicted molar refractivity (Wildman–Crippen MR) is 61.0 cm³/mol. The Balaban J connectivity index is 2.46. The fourth-order valence-electron chi connectivity index (χ4n) is 1.89. The Labute approximate surface area is 93.8 Å². The van der Waals surface area contributed by atoms with E-state index in [1.54, 1.807) is 17.0 Å². The van der Waals surface area contributed by atoms with Crippen LogP contribution in [0.2, 0.25) is 5.02 Å². The molecule has 1 aromatic rings. The highest BCUT2D eigenvalue weighted by Gasteiger charge is 2.34. The van der Waals surface area contributed by atoms with Crippen LogP contribution in [-0.4, -0.2) is 12.5 Å². The highest BCUT2D eigenvalue weighted by molar-refractivity contribution is 6.31. The monoisotopic (exact) mass is 224 g/mol. The van der Waals surface area contributed by atoms with E-state index < -0.39 is 6.04 Å². The summed E-state index contributed by atoms with van der Waals surface area (Å²) in [7, 11) is 0. The number of fused-ring (bicyclic) bond motifs is 1. The average molecular weight is 225 g/mol. The highest BCUT2D eigenvalue weighted by Crippen LogP contribution is 2.36. The third kappa shape index (κ3) is 1.62. The van der Waals surface area contributed by atoms with Crippen LogP contribution in [0.4, 0.5) is 5.69 Å². The number of halogens is 1. The van der Waals surface area contributed by atoms with Crippen LogP contribution in [0.1, 0.15) is 24.9 Å². The molecule has 0 fully saturated rings. The van der Waals surface area contributed by atoms with Crippen molar-refractivity contribution >= 4 is 23.2 Å². The van der Waals surface area contributed by atoms with Crippen molar-refractivity contribution in [1.29, 1.82) is 0 Å². The first kappa shape index (κ1) is 10.5. The normalized spacial score (nSPS) is 19.5. The third-order valence-electron chi connectivity index (χ3n) is 2.59. The number of carbonyl (C=O) groups is 1. The lowest BCUT2D eigenvalue weighted by Crippen LogP contribution is -2.32. The van der Waals surface area contributed by atoms with Crippen LogP contribution in [-0.2, 0) is 4.79 Å². The molecule has 1 amide bonds. The van der Waals surface area contributed by atoms with Gasteiger partial charge in [0.1, 0.15) is 6.04 Å². The molecule has 2 rings (SSSR count). The summed E-state index contributed by atoms with van der Waals surface area (Å²) < 4.78 is 0. The molecule has 1 atom stereocenters. The second-order valence-corrected chi connectivity index (χ2v) is 4.11. The first-order chi connectivity index (χ1) is 7.15. The molecule has 1 aliphatic rings. The molecular weight excluding hydrogens is 212 g/mol. The zero-order chi connectivity index (χ0) is 11.0. The third-order valence-corrected chi connectivity index (χ3v) is 2.83. The minimum Gasteiger partial charge on any atom is -0.316 e. The molecule has 0 spiro atoms. The summed E-state index contributed by atoms with van der Waals surface area (Å²) in [6.45, 7) is 2.74. The zero-order valence-electron chi connectivity index (χ0n) is 8.53. The number of hydrogen-bond donors (Lipinski definition) is 1. The molecular formula is C11H13ClN2O. The van der Waals surface area contributed by atoms with Gasteiger partial charge < -0.3 is 10.6 Å². The van der Waals surface area contributed by atoms with Gasteiger partial charge >= 0.3 is 0 Å². The molecule has 0 radical (unpaired) electrons. The van der Waals surface area contributed by atoms with Crippen molar-refractivity contribution in [2.45, 2.75) is 19.4 Å². The number of anilines is 1. The van der Waals surface area contributed by atoms with E-state index in [-0.39, 0.29) is 5.91 Å². The maximum Gasteiger partial charge on any atom is 0.248 e. The molecule has 0 saturated carbocycles. The van der Waals surface area contributed by atoms with E-state index in [2.05, 4.69) is 0 Å². The Bertz CT molecular complexity index is 406. The van der Waals surface area contributed by atoms with Crippen molar-refractivity contribution in [3.05, 3.63) is 28.8 Å². The van der Waals surface area contributed by atoms with E-state index in [9.17, 15) is 4.79 Å². The maximum absolute atomic E-state index is 11.8. The summed E-state index contributed by atoms with van der Waals surface area (Å²) >= 11 is 5.88. The van der Waals surface area contributed by atoms with Gasteiger partial charge in [0.25, 0.3) is 0 Å². The summed E-state index contributed by atoms with van der Waals surface area (Å²) in [5.74, 6) is -0.0332. The van der Waals surface area contributed by atoms with Gasteiger partial charge in [0.05, 0.1) is 0 Å². The second kappa shape index (κ2) is 3.83. The van der Waals surface area contributed by atoms with Gasteiger partial charge in [0.15, 0.2) is 0 Å². The molecule has 15 heavy (non-hydrogen) atoms. The van der Waals surface area contributed by atoms with Gasteiger partial charge in [-0.3, -0.25) is 4.79 Å². The highest BCUT2D eigenvalue weighted by atomic mass is 35.5. The summed E-state index contributed by atoms with van der Waals surface area (Å²) in [5, 5.41) is 0.621. The Morgan fingerprint density at radius 1 is 1.53 bits per heavy atom. The van der Waals surface area contributed by atoms with Crippen molar-refractivity contribution in [3.63, 3.8) is 0 Å². The molecule has 3 nitrogen and oxygen atoms in total. The molecule has 2 N–H and O–H groups in total. The largest absolute Gasteiger partial charge is 0.316 e. The van der Waals surface area contributed by atoms with Crippen LogP contribution in [0.25, 0.3) is 0 Å². The van der Waals surface area contributed by atoms with E-state index in [4.69, 9.17) is 17.3 Å². The van der Waals surface area contributed by atoms with E-state index in [1.807, 2.05) is 13.0 Å². The Hall–Kier alpha value is -1.06. The molecule has 1 aromatic carbocycles.